The number of rotatable bonds is 4. The first-order chi connectivity index (χ1) is 9.53. The molecule has 6 heteroatoms. The monoisotopic (exact) mass is 278 g/mol. The summed E-state index contributed by atoms with van der Waals surface area (Å²) in [5.74, 6) is 0.606. The molecular formula is C14H16F2N4. The molecule has 1 aromatic heterocycles. The van der Waals surface area contributed by atoms with Gasteiger partial charge in [-0.15, -0.1) is 0 Å². The van der Waals surface area contributed by atoms with Gasteiger partial charge in [0.25, 0.3) is 0 Å². The minimum absolute atomic E-state index is 0.313. The van der Waals surface area contributed by atoms with E-state index in [1.165, 1.54) is 12.1 Å². The van der Waals surface area contributed by atoms with Gasteiger partial charge in [0.2, 0.25) is 0 Å². The highest BCUT2D eigenvalue weighted by Crippen LogP contribution is 2.24. The average Bonchev–Trinajstić information content (AvgIpc) is 2.40. The molecular weight excluding hydrogens is 262 g/mol. The predicted octanol–water partition coefficient (Wildman–Crippen LogP) is 3.41. The van der Waals surface area contributed by atoms with Crippen molar-refractivity contribution < 1.29 is 8.78 Å². The molecule has 0 bridgehead atoms. The molecule has 0 spiro atoms. The van der Waals surface area contributed by atoms with Crippen LogP contribution in [0, 0.1) is 18.6 Å². The SMILES string of the molecule is CCc1nc(NC)c(C)c(Nc2cc(F)cc(F)c2)n1. The van der Waals surface area contributed by atoms with E-state index in [0.717, 1.165) is 11.6 Å². The highest BCUT2D eigenvalue weighted by Gasteiger charge is 2.10. The number of nitrogens with zero attached hydrogens (tertiary/aromatic N) is 2. The summed E-state index contributed by atoms with van der Waals surface area (Å²) >= 11 is 0. The smallest absolute Gasteiger partial charge is 0.139 e. The van der Waals surface area contributed by atoms with Crippen molar-refractivity contribution in [2.45, 2.75) is 20.3 Å². The van der Waals surface area contributed by atoms with Crippen molar-refractivity contribution in [1.29, 1.82) is 0 Å². The van der Waals surface area contributed by atoms with Crippen LogP contribution in [0.2, 0.25) is 0 Å². The van der Waals surface area contributed by atoms with E-state index >= 15 is 0 Å². The van der Waals surface area contributed by atoms with Gasteiger partial charge in [0.1, 0.15) is 29.1 Å². The van der Waals surface area contributed by atoms with Gasteiger partial charge in [0.15, 0.2) is 0 Å². The van der Waals surface area contributed by atoms with Gasteiger partial charge in [-0.3, -0.25) is 0 Å². The Hall–Kier alpha value is -2.24. The lowest BCUT2D eigenvalue weighted by molar-refractivity contribution is 0.584. The Bertz CT molecular complexity index is 609. The van der Waals surface area contributed by atoms with Crippen molar-refractivity contribution in [2.24, 2.45) is 0 Å². The molecule has 20 heavy (non-hydrogen) atoms. The molecule has 2 rings (SSSR count). The molecule has 4 nitrogen and oxygen atoms in total. The van der Waals surface area contributed by atoms with Crippen molar-refractivity contribution in [2.75, 3.05) is 17.7 Å². The third-order valence-corrected chi connectivity index (χ3v) is 2.87. The number of aromatic nitrogens is 2. The number of halogens is 2. The van der Waals surface area contributed by atoms with Gasteiger partial charge in [-0.1, -0.05) is 6.92 Å². The minimum atomic E-state index is -0.635. The zero-order chi connectivity index (χ0) is 14.7. The van der Waals surface area contributed by atoms with Crippen LogP contribution in [0.1, 0.15) is 18.3 Å². The van der Waals surface area contributed by atoms with E-state index in [4.69, 9.17) is 0 Å². The van der Waals surface area contributed by atoms with Crippen LogP contribution in [-0.2, 0) is 6.42 Å². The first-order valence-corrected chi connectivity index (χ1v) is 6.32. The molecule has 0 saturated carbocycles. The second-order valence-electron chi connectivity index (χ2n) is 4.35. The molecule has 1 heterocycles. The lowest BCUT2D eigenvalue weighted by atomic mass is 10.2. The molecule has 0 fully saturated rings. The van der Waals surface area contributed by atoms with E-state index in [-0.39, 0.29) is 0 Å². The maximum Gasteiger partial charge on any atom is 0.139 e. The summed E-state index contributed by atoms with van der Waals surface area (Å²) in [5.41, 5.74) is 1.10. The molecule has 0 aliphatic carbocycles. The number of anilines is 3. The Morgan fingerprint density at radius 3 is 2.20 bits per heavy atom. The Morgan fingerprint density at radius 2 is 1.65 bits per heavy atom. The quantitative estimate of drug-likeness (QED) is 0.899. The summed E-state index contributed by atoms with van der Waals surface area (Å²) in [6.45, 7) is 3.78. The third kappa shape index (κ3) is 3.01. The van der Waals surface area contributed by atoms with Gasteiger partial charge in [-0.05, 0) is 19.1 Å². The number of aryl methyl sites for hydroxylation is 1. The molecule has 2 aromatic rings. The molecule has 106 valence electrons. The topological polar surface area (TPSA) is 49.8 Å². The zero-order valence-corrected chi connectivity index (χ0v) is 11.6. The maximum absolute atomic E-state index is 13.2. The normalized spacial score (nSPS) is 10.4. The second-order valence-corrected chi connectivity index (χ2v) is 4.35. The summed E-state index contributed by atoms with van der Waals surface area (Å²) in [4.78, 5) is 8.68. The van der Waals surface area contributed by atoms with Gasteiger partial charge in [0, 0.05) is 30.8 Å². The zero-order valence-electron chi connectivity index (χ0n) is 11.6. The maximum atomic E-state index is 13.2. The molecule has 0 unspecified atom stereocenters. The van der Waals surface area contributed by atoms with Crippen LogP contribution in [0.5, 0.6) is 0 Å². The van der Waals surface area contributed by atoms with Gasteiger partial charge < -0.3 is 10.6 Å². The molecule has 0 aliphatic rings. The van der Waals surface area contributed by atoms with Gasteiger partial charge in [-0.2, -0.15) is 0 Å². The van der Waals surface area contributed by atoms with Crippen LogP contribution < -0.4 is 10.6 Å². The van der Waals surface area contributed by atoms with Gasteiger partial charge in [-0.25, -0.2) is 18.7 Å². The highest BCUT2D eigenvalue weighted by atomic mass is 19.1. The molecule has 0 amide bonds. The Labute approximate surface area is 116 Å². The fraction of sp³-hybridized carbons (Fsp3) is 0.286. The number of nitrogens with one attached hydrogen (secondary N) is 2. The summed E-state index contributed by atoms with van der Waals surface area (Å²) < 4.78 is 26.4. The summed E-state index contributed by atoms with van der Waals surface area (Å²) in [7, 11) is 1.76. The molecule has 0 aliphatic heterocycles. The van der Waals surface area contributed by atoms with Gasteiger partial charge >= 0.3 is 0 Å². The standard InChI is InChI=1S/C14H16F2N4/c1-4-12-19-13(17-3)8(2)14(20-12)18-11-6-9(15)5-10(16)7-11/h5-7H,4H2,1-3H3,(H2,17,18,19,20). The average molecular weight is 278 g/mol. The highest BCUT2D eigenvalue weighted by molar-refractivity contribution is 5.64. The number of benzene rings is 1. The Morgan fingerprint density at radius 1 is 1.05 bits per heavy atom. The van der Waals surface area contributed by atoms with Crippen molar-refractivity contribution in [3.05, 3.63) is 41.2 Å². The molecule has 0 atom stereocenters. The van der Waals surface area contributed by atoms with Crippen molar-refractivity contribution in [3.8, 4) is 0 Å². The van der Waals surface area contributed by atoms with Crippen LogP contribution in [0.15, 0.2) is 18.2 Å². The van der Waals surface area contributed by atoms with E-state index in [1.54, 1.807) is 7.05 Å². The van der Waals surface area contributed by atoms with E-state index in [2.05, 4.69) is 20.6 Å². The van der Waals surface area contributed by atoms with E-state index in [9.17, 15) is 8.78 Å². The summed E-state index contributed by atoms with van der Waals surface area (Å²) in [6.07, 6.45) is 0.668. The molecule has 1 aromatic carbocycles. The first-order valence-electron chi connectivity index (χ1n) is 6.32. The van der Waals surface area contributed by atoms with Crippen LogP contribution in [-0.4, -0.2) is 17.0 Å². The van der Waals surface area contributed by atoms with Crippen molar-refractivity contribution in [3.63, 3.8) is 0 Å². The van der Waals surface area contributed by atoms with E-state index in [0.29, 0.717) is 29.6 Å². The Kier molecular flexibility index (Phi) is 4.12. The van der Waals surface area contributed by atoms with E-state index in [1.807, 2.05) is 13.8 Å². The Balaban J connectivity index is 2.41. The lowest BCUT2D eigenvalue weighted by Crippen LogP contribution is -2.07. The summed E-state index contributed by atoms with van der Waals surface area (Å²) in [5, 5.41) is 5.91. The summed E-state index contributed by atoms with van der Waals surface area (Å²) in [6, 6.07) is 3.26. The molecule has 0 saturated heterocycles. The van der Waals surface area contributed by atoms with Gasteiger partial charge in [0.05, 0.1) is 0 Å². The second kappa shape index (κ2) is 5.81. The van der Waals surface area contributed by atoms with E-state index < -0.39 is 11.6 Å². The number of hydrogen-bond donors (Lipinski definition) is 2. The fourth-order valence-corrected chi connectivity index (χ4v) is 1.85. The van der Waals surface area contributed by atoms with Crippen LogP contribution >= 0.6 is 0 Å². The van der Waals surface area contributed by atoms with Crippen LogP contribution in [0.25, 0.3) is 0 Å². The minimum Gasteiger partial charge on any atom is -0.373 e. The largest absolute Gasteiger partial charge is 0.373 e. The fourth-order valence-electron chi connectivity index (χ4n) is 1.85. The first kappa shape index (κ1) is 14.2. The molecule has 2 N–H and O–H groups in total. The van der Waals surface area contributed by atoms with Crippen molar-refractivity contribution >= 4 is 17.3 Å². The predicted molar refractivity (Wildman–Crippen MR) is 75.3 cm³/mol. The third-order valence-electron chi connectivity index (χ3n) is 2.87. The van der Waals surface area contributed by atoms with Crippen LogP contribution in [0.4, 0.5) is 26.1 Å². The lowest BCUT2D eigenvalue weighted by Gasteiger charge is -2.13. The molecule has 0 radical (unpaired) electrons. The van der Waals surface area contributed by atoms with Crippen LogP contribution in [0.3, 0.4) is 0 Å². The van der Waals surface area contributed by atoms with Crippen molar-refractivity contribution in [1.82, 2.24) is 9.97 Å². The number of hydrogen-bond acceptors (Lipinski definition) is 4.